The Morgan fingerprint density at radius 2 is 1.74 bits per heavy atom. The average molecular weight is 508 g/mol. The predicted molar refractivity (Wildman–Crippen MR) is 133 cm³/mol. The van der Waals surface area contributed by atoms with Gasteiger partial charge in [-0.05, 0) is 49.4 Å². The molecule has 0 atom stereocenters. The number of thioether (sulfide) groups is 1. The third-order valence-corrected chi connectivity index (χ3v) is 6.17. The Bertz CT molecular complexity index is 1360. The van der Waals surface area contributed by atoms with Crippen molar-refractivity contribution < 1.29 is 19.4 Å². The number of hydrogen-bond acceptors (Lipinski definition) is 7. The van der Waals surface area contributed by atoms with Crippen molar-refractivity contribution in [2.75, 3.05) is 17.7 Å². The number of para-hydroxylation sites is 1. The molecule has 0 spiro atoms. The molecule has 0 saturated carbocycles. The molecule has 8 nitrogen and oxygen atoms in total. The number of nitrogens with one attached hydrogen (secondary N) is 1. The fourth-order valence-corrected chi connectivity index (χ4v) is 4.33. The van der Waals surface area contributed by atoms with Gasteiger partial charge in [0.2, 0.25) is 5.91 Å². The summed E-state index contributed by atoms with van der Waals surface area (Å²) in [5.41, 5.74) is 1.53. The van der Waals surface area contributed by atoms with Crippen LogP contribution in [0.2, 0.25) is 5.02 Å². The van der Waals surface area contributed by atoms with Gasteiger partial charge in [0.15, 0.2) is 11.0 Å². The summed E-state index contributed by atoms with van der Waals surface area (Å²) < 4.78 is 7.35. The Morgan fingerprint density at radius 1 is 1.03 bits per heavy atom. The molecule has 0 fully saturated rings. The lowest BCUT2D eigenvalue weighted by Crippen LogP contribution is -2.25. The van der Waals surface area contributed by atoms with Crippen LogP contribution < -0.4 is 15.2 Å². The molecule has 4 aromatic rings. The van der Waals surface area contributed by atoms with E-state index in [0.717, 1.165) is 23.2 Å². The molecular formula is C25H20ClN4O4S-. The summed E-state index contributed by atoms with van der Waals surface area (Å²) in [7, 11) is 0. The van der Waals surface area contributed by atoms with Gasteiger partial charge in [-0.2, -0.15) is 0 Å². The number of anilines is 1. The first-order valence-corrected chi connectivity index (χ1v) is 12.0. The van der Waals surface area contributed by atoms with Crippen LogP contribution in [0.5, 0.6) is 5.75 Å². The van der Waals surface area contributed by atoms with Crippen LogP contribution in [0.15, 0.2) is 78.0 Å². The van der Waals surface area contributed by atoms with Gasteiger partial charge in [-0.1, -0.05) is 53.7 Å². The highest BCUT2D eigenvalue weighted by Gasteiger charge is 2.19. The fourth-order valence-electron chi connectivity index (χ4n) is 3.36. The number of carboxylic acids is 1. The monoisotopic (exact) mass is 507 g/mol. The second-order valence-corrected chi connectivity index (χ2v) is 8.57. The molecule has 0 radical (unpaired) electrons. The number of amides is 1. The number of rotatable bonds is 9. The molecule has 178 valence electrons. The lowest BCUT2D eigenvalue weighted by atomic mass is 10.2. The van der Waals surface area contributed by atoms with E-state index in [4.69, 9.17) is 16.3 Å². The molecule has 0 aliphatic carbocycles. The molecule has 0 unspecified atom stereocenters. The van der Waals surface area contributed by atoms with Gasteiger partial charge in [-0.25, -0.2) is 0 Å². The smallest absolute Gasteiger partial charge is 0.234 e. The van der Waals surface area contributed by atoms with Crippen molar-refractivity contribution in [2.24, 2.45) is 0 Å². The summed E-state index contributed by atoms with van der Waals surface area (Å²) in [6, 6.07) is 20.8. The molecule has 35 heavy (non-hydrogen) atoms. The lowest BCUT2D eigenvalue weighted by molar-refractivity contribution is -0.254. The summed E-state index contributed by atoms with van der Waals surface area (Å²) >= 11 is 7.59. The molecule has 4 rings (SSSR count). The van der Waals surface area contributed by atoms with Crippen LogP contribution in [0, 0.1) is 0 Å². The lowest BCUT2D eigenvalue weighted by Gasteiger charge is -2.13. The molecule has 10 heteroatoms. The first kappa shape index (κ1) is 24.3. The maximum absolute atomic E-state index is 12.6. The van der Waals surface area contributed by atoms with Gasteiger partial charge in [0.05, 0.1) is 23.4 Å². The minimum atomic E-state index is -1.37. The summed E-state index contributed by atoms with van der Waals surface area (Å²) in [6.07, 6.45) is 0. The van der Waals surface area contributed by atoms with Crippen LogP contribution in [0.3, 0.4) is 0 Å². The quantitative estimate of drug-likeness (QED) is 0.340. The Kier molecular flexibility index (Phi) is 7.69. The molecule has 0 aliphatic heterocycles. The van der Waals surface area contributed by atoms with Crippen molar-refractivity contribution in [1.82, 2.24) is 14.8 Å². The van der Waals surface area contributed by atoms with Crippen LogP contribution in [0.25, 0.3) is 17.1 Å². The second-order valence-electron chi connectivity index (χ2n) is 7.22. The summed E-state index contributed by atoms with van der Waals surface area (Å²) in [4.78, 5) is 23.9. The molecule has 1 amide bonds. The van der Waals surface area contributed by atoms with Crippen molar-refractivity contribution in [2.45, 2.75) is 12.1 Å². The van der Waals surface area contributed by atoms with Crippen LogP contribution in [0.4, 0.5) is 5.69 Å². The number of carbonyl (C=O) groups excluding carboxylic acids is 2. The van der Waals surface area contributed by atoms with Crippen molar-refractivity contribution in [3.8, 4) is 22.8 Å². The fraction of sp³-hybridized carbons (Fsp3) is 0.120. The first-order chi connectivity index (χ1) is 17.0. The highest BCUT2D eigenvalue weighted by atomic mass is 35.5. The number of hydrogen-bond donors (Lipinski definition) is 1. The zero-order chi connectivity index (χ0) is 24.8. The number of carbonyl (C=O) groups is 2. The zero-order valence-corrected chi connectivity index (χ0v) is 20.2. The molecule has 3 aromatic carbocycles. The SMILES string of the molecule is CCOc1ccc(-n2c(SCC(=O)Nc3ccccc3C(=O)[O-])nnc2-c2ccccc2Cl)cc1. The highest BCUT2D eigenvalue weighted by molar-refractivity contribution is 7.99. The van der Waals surface area contributed by atoms with E-state index in [9.17, 15) is 14.7 Å². The normalized spacial score (nSPS) is 10.7. The number of halogens is 1. The number of benzene rings is 3. The predicted octanol–water partition coefficient (Wildman–Crippen LogP) is 4.08. The van der Waals surface area contributed by atoms with E-state index in [2.05, 4.69) is 15.5 Å². The summed E-state index contributed by atoms with van der Waals surface area (Å²) in [6.45, 7) is 2.46. The van der Waals surface area contributed by atoms with E-state index >= 15 is 0 Å². The molecule has 0 bridgehead atoms. The van der Waals surface area contributed by atoms with Gasteiger partial charge in [-0.15, -0.1) is 10.2 Å². The Hall–Kier alpha value is -3.82. The van der Waals surface area contributed by atoms with E-state index < -0.39 is 11.9 Å². The molecule has 1 aromatic heterocycles. The van der Waals surface area contributed by atoms with Crippen LogP contribution in [0.1, 0.15) is 17.3 Å². The maximum atomic E-state index is 12.6. The van der Waals surface area contributed by atoms with E-state index in [-0.39, 0.29) is 17.0 Å². The molecule has 0 saturated heterocycles. The zero-order valence-electron chi connectivity index (χ0n) is 18.6. The third kappa shape index (κ3) is 5.64. The summed E-state index contributed by atoms with van der Waals surface area (Å²) in [5, 5.41) is 23.5. The van der Waals surface area contributed by atoms with E-state index in [1.807, 2.05) is 54.0 Å². The minimum absolute atomic E-state index is 0.0287. The average Bonchev–Trinajstić information content (AvgIpc) is 3.27. The van der Waals surface area contributed by atoms with Crippen LogP contribution in [-0.4, -0.2) is 39.0 Å². The Balaban J connectivity index is 1.62. The van der Waals surface area contributed by atoms with Crippen molar-refractivity contribution >= 4 is 40.9 Å². The standard InChI is InChI=1S/C25H21ClN4O4S/c1-2-34-17-13-11-16(12-14-17)30-23(18-7-3-5-9-20(18)26)28-29-25(30)35-15-22(31)27-21-10-6-4-8-19(21)24(32)33/h3-14H,2,15H2,1H3,(H,27,31)(H,32,33)/p-1. The van der Waals surface area contributed by atoms with Gasteiger partial charge in [0, 0.05) is 22.5 Å². The number of nitrogens with zero attached hydrogens (tertiary/aromatic N) is 3. The molecular weight excluding hydrogens is 488 g/mol. The van der Waals surface area contributed by atoms with Crippen molar-refractivity contribution in [3.63, 3.8) is 0 Å². The number of aromatic nitrogens is 3. The van der Waals surface area contributed by atoms with E-state index in [1.54, 1.807) is 18.2 Å². The van der Waals surface area contributed by atoms with Crippen molar-refractivity contribution in [3.05, 3.63) is 83.4 Å². The number of ether oxygens (including phenoxy) is 1. The van der Waals surface area contributed by atoms with E-state index in [0.29, 0.717) is 28.2 Å². The van der Waals surface area contributed by atoms with Gasteiger partial charge >= 0.3 is 0 Å². The van der Waals surface area contributed by atoms with E-state index in [1.165, 1.54) is 12.1 Å². The highest BCUT2D eigenvalue weighted by Crippen LogP contribution is 2.32. The second kappa shape index (κ2) is 11.1. The van der Waals surface area contributed by atoms with Gasteiger partial charge < -0.3 is 20.0 Å². The van der Waals surface area contributed by atoms with Crippen molar-refractivity contribution in [1.29, 1.82) is 0 Å². The minimum Gasteiger partial charge on any atom is -0.545 e. The van der Waals surface area contributed by atoms with Crippen LogP contribution in [-0.2, 0) is 4.79 Å². The third-order valence-electron chi connectivity index (χ3n) is 4.91. The molecule has 0 aliphatic rings. The number of carboxylic acid groups (broad SMARTS) is 1. The van der Waals surface area contributed by atoms with Gasteiger partial charge in [-0.3, -0.25) is 9.36 Å². The Morgan fingerprint density at radius 3 is 2.46 bits per heavy atom. The Labute approximate surface area is 210 Å². The topological polar surface area (TPSA) is 109 Å². The van der Waals surface area contributed by atoms with Crippen LogP contribution >= 0.6 is 23.4 Å². The molecule has 1 heterocycles. The first-order valence-electron chi connectivity index (χ1n) is 10.6. The largest absolute Gasteiger partial charge is 0.545 e. The van der Waals surface area contributed by atoms with Gasteiger partial charge in [0.25, 0.3) is 0 Å². The molecule has 1 N–H and O–H groups in total. The summed E-state index contributed by atoms with van der Waals surface area (Å²) in [5.74, 6) is -0.551. The van der Waals surface area contributed by atoms with Gasteiger partial charge in [0.1, 0.15) is 5.75 Å². The maximum Gasteiger partial charge on any atom is 0.234 e. The number of aromatic carboxylic acids is 1.